The van der Waals surface area contributed by atoms with E-state index in [1.54, 1.807) is 41.3 Å². The van der Waals surface area contributed by atoms with Crippen LogP contribution in [0, 0.1) is 5.82 Å². The Morgan fingerprint density at radius 2 is 2.03 bits per heavy atom. The predicted molar refractivity (Wildman–Crippen MR) is 124 cm³/mol. The molecule has 2 aliphatic heterocycles. The van der Waals surface area contributed by atoms with Gasteiger partial charge in [-0.2, -0.15) is 0 Å². The monoisotopic (exact) mass is 466 g/mol. The van der Waals surface area contributed by atoms with Gasteiger partial charge in [-0.05, 0) is 62.5 Å². The average Bonchev–Trinajstić information content (AvgIpc) is 3.29. The molecule has 2 aliphatic rings. The van der Waals surface area contributed by atoms with E-state index in [9.17, 15) is 14.7 Å². The number of aromatic hydroxyl groups is 1. The van der Waals surface area contributed by atoms with Crippen LogP contribution in [0.2, 0.25) is 0 Å². The Balaban J connectivity index is 1.65. The number of H-pyrrole nitrogens is 1. The lowest BCUT2D eigenvalue weighted by Gasteiger charge is -2.36. The van der Waals surface area contributed by atoms with Gasteiger partial charge in [0.05, 0.1) is 7.11 Å². The molecule has 0 bridgehead atoms. The first-order valence-corrected chi connectivity index (χ1v) is 11.3. The number of fused-ring (bicyclic) bond motifs is 4. The number of nitrogens with one attached hydrogen (secondary N) is 1. The number of rotatable bonds is 6. The summed E-state index contributed by atoms with van der Waals surface area (Å²) in [5.74, 6) is -0.617. The number of methoxy groups -OCH3 is 1. The van der Waals surface area contributed by atoms with Crippen LogP contribution >= 0.6 is 0 Å². The van der Waals surface area contributed by atoms with Crippen LogP contribution in [-0.2, 0) is 11.2 Å². The van der Waals surface area contributed by atoms with Gasteiger partial charge in [0.15, 0.2) is 11.6 Å². The molecular formula is C25H27FN4O4. The molecule has 34 heavy (non-hydrogen) atoms. The molecule has 0 radical (unpaired) electrons. The summed E-state index contributed by atoms with van der Waals surface area (Å²) in [5, 5.41) is 10.5. The van der Waals surface area contributed by atoms with Crippen LogP contribution in [0.5, 0.6) is 11.5 Å². The van der Waals surface area contributed by atoms with Crippen molar-refractivity contribution in [3.63, 3.8) is 0 Å². The van der Waals surface area contributed by atoms with Crippen molar-refractivity contribution >= 4 is 22.8 Å². The number of urea groups is 1. The largest absolute Gasteiger partial charge is 0.508 e. The lowest BCUT2D eigenvalue weighted by Crippen LogP contribution is -2.44. The van der Waals surface area contributed by atoms with Crippen molar-refractivity contribution in [1.29, 1.82) is 0 Å². The van der Waals surface area contributed by atoms with Crippen molar-refractivity contribution < 1.29 is 23.8 Å². The normalized spacial score (nSPS) is 19.8. The fraction of sp³-hybridized carbons (Fsp3) is 0.360. The highest BCUT2D eigenvalue weighted by molar-refractivity contribution is 6.05. The van der Waals surface area contributed by atoms with Gasteiger partial charge in [-0.25, -0.2) is 9.18 Å². The maximum absolute atomic E-state index is 15.4. The minimum absolute atomic E-state index is 0.0472. The summed E-state index contributed by atoms with van der Waals surface area (Å²) in [6, 6.07) is 8.10. The SMILES string of the molecule is COc1ccc2[nH]c3c(c2c1F)CC1C(=O)N(CCCN(C)C)C(=O)N1C3c1cccc(O)c1. The van der Waals surface area contributed by atoms with Crippen molar-refractivity contribution in [3.8, 4) is 11.5 Å². The van der Waals surface area contributed by atoms with Gasteiger partial charge in [0.25, 0.3) is 5.91 Å². The molecule has 8 nitrogen and oxygen atoms in total. The summed E-state index contributed by atoms with van der Waals surface area (Å²) < 4.78 is 20.5. The molecule has 0 spiro atoms. The first-order valence-electron chi connectivity index (χ1n) is 11.3. The highest BCUT2D eigenvalue weighted by Gasteiger charge is 2.52. The number of ether oxygens (including phenoxy) is 1. The molecule has 3 aromatic rings. The zero-order valence-corrected chi connectivity index (χ0v) is 19.3. The Morgan fingerprint density at radius 3 is 2.74 bits per heavy atom. The number of imide groups is 1. The highest BCUT2D eigenvalue weighted by atomic mass is 19.1. The zero-order valence-electron chi connectivity index (χ0n) is 19.3. The van der Waals surface area contributed by atoms with E-state index in [-0.39, 0.29) is 29.9 Å². The third-order valence-corrected chi connectivity index (χ3v) is 6.68. The number of hydrogen-bond acceptors (Lipinski definition) is 5. The van der Waals surface area contributed by atoms with E-state index in [2.05, 4.69) is 4.98 Å². The van der Waals surface area contributed by atoms with Crippen LogP contribution < -0.4 is 4.74 Å². The van der Waals surface area contributed by atoms with Gasteiger partial charge in [-0.3, -0.25) is 14.6 Å². The molecular weight excluding hydrogens is 439 g/mol. The lowest BCUT2D eigenvalue weighted by atomic mass is 9.88. The minimum atomic E-state index is -0.753. The molecule has 0 aliphatic carbocycles. The number of nitrogens with zero attached hydrogens (tertiary/aromatic N) is 3. The van der Waals surface area contributed by atoms with E-state index >= 15 is 4.39 Å². The van der Waals surface area contributed by atoms with Crippen LogP contribution in [0.3, 0.4) is 0 Å². The molecule has 1 fully saturated rings. The number of aromatic amines is 1. The third-order valence-electron chi connectivity index (χ3n) is 6.68. The Bertz CT molecular complexity index is 1290. The Labute approximate surface area is 196 Å². The first kappa shape index (κ1) is 22.2. The number of phenolic OH excluding ortho intramolecular Hbond substituents is 1. The standard InChI is InChI=1S/C25H27FN4O4/c1-28(2)10-5-11-29-24(32)18-13-16-20-17(8-9-19(34-3)21(20)26)27-22(16)23(30(18)25(29)33)14-6-4-7-15(31)12-14/h4,6-9,12,18,23,27,31H,5,10-11,13H2,1-3H3. The van der Waals surface area contributed by atoms with Crippen molar-refractivity contribution in [3.05, 3.63) is 59.0 Å². The average molecular weight is 467 g/mol. The van der Waals surface area contributed by atoms with E-state index in [0.29, 0.717) is 40.7 Å². The van der Waals surface area contributed by atoms with Crippen LogP contribution in [0.1, 0.15) is 29.3 Å². The topological polar surface area (TPSA) is 89.1 Å². The number of carbonyl (C=O) groups excluding carboxylic acids is 2. The smallest absolute Gasteiger partial charge is 0.328 e. The summed E-state index contributed by atoms with van der Waals surface area (Å²) in [6.45, 7) is 1.05. The Morgan fingerprint density at radius 1 is 1.24 bits per heavy atom. The molecule has 3 amide bonds. The number of halogens is 1. The van der Waals surface area contributed by atoms with Crippen LogP contribution in [0.25, 0.3) is 10.9 Å². The first-order chi connectivity index (χ1) is 16.3. The second-order valence-corrected chi connectivity index (χ2v) is 9.08. The number of aromatic nitrogens is 1. The third kappa shape index (κ3) is 3.38. The molecule has 0 saturated carbocycles. The molecule has 1 aromatic heterocycles. The molecule has 5 rings (SSSR count). The highest BCUT2D eigenvalue weighted by Crippen LogP contribution is 2.45. The van der Waals surface area contributed by atoms with Crippen molar-refractivity contribution in [2.75, 3.05) is 34.3 Å². The van der Waals surface area contributed by atoms with E-state index in [4.69, 9.17) is 4.74 Å². The maximum Gasteiger partial charge on any atom is 0.328 e. The van der Waals surface area contributed by atoms with Gasteiger partial charge < -0.3 is 19.7 Å². The van der Waals surface area contributed by atoms with Crippen molar-refractivity contribution in [2.24, 2.45) is 0 Å². The molecule has 9 heteroatoms. The Kier molecular flexibility index (Phi) is 5.44. The Hall–Kier alpha value is -3.59. The lowest BCUT2D eigenvalue weighted by molar-refractivity contribution is -0.128. The molecule has 2 N–H and O–H groups in total. The zero-order chi connectivity index (χ0) is 24.1. The number of phenols is 1. The van der Waals surface area contributed by atoms with Crippen LogP contribution in [0.15, 0.2) is 36.4 Å². The number of benzene rings is 2. The van der Waals surface area contributed by atoms with Gasteiger partial charge in [0.2, 0.25) is 0 Å². The van der Waals surface area contributed by atoms with Crippen molar-refractivity contribution in [2.45, 2.75) is 24.9 Å². The minimum Gasteiger partial charge on any atom is -0.508 e. The van der Waals surface area contributed by atoms with Gasteiger partial charge in [0, 0.05) is 29.6 Å². The summed E-state index contributed by atoms with van der Waals surface area (Å²) >= 11 is 0. The number of hydrogen-bond donors (Lipinski definition) is 2. The fourth-order valence-corrected chi connectivity index (χ4v) is 5.16. The second kappa shape index (κ2) is 8.32. The van der Waals surface area contributed by atoms with Crippen molar-refractivity contribution in [1.82, 2.24) is 19.7 Å². The molecule has 2 unspecified atom stereocenters. The van der Waals surface area contributed by atoms with Crippen LogP contribution in [-0.4, -0.2) is 77.1 Å². The van der Waals surface area contributed by atoms with Gasteiger partial charge in [-0.1, -0.05) is 12.1 Å². The van der Waals surface area contributed by atoms with E-state index in [1.165, 1.54) is 12.0 Å². The second-order valence-electron chi connectivity index (χ2n) is 9.08. The van der Waals surface area contributed by atoms with E-state index < -0.39 is 17.9 Å². The predicted octanol–water partition coefficient (Wildman–Crippen LogP) is 3.25. The summed E-state index contributed by atoms with van der Waals surface area (Å²) in [5.41, 5.74) is 2.50. The summed E-state index contributed by atoms with van der Waals surface area (Å²) in [7, 11) is 5.29. The molecule has 1 saturated heterocycles. The fourth-order valence-electron chi connectivity index (χ4n) is 5.16. The van der Waals surface area contributed by atoms with E-state index in [0.717, 1.165) is 6.54 Å². The molecule has 178 valence electrons. The molecule has 2 aromatic carbocycles. The van der Waals surface area contributed by atoms with Gasteiger partial charge in [0.1, 0.15) is 17.8 Å². The van der Waals surface area contributed by atoms with Gasteiger partial charge in [-0.15, -0.1) is 0 Å². The number of carbonyl (C=O) groups is 2. The van der Waals surface area contributed by atoms with Crippen LogP contribution in [0.4, 0.5) is 9.18 Å². The van der Waals surface area contributed by atoms with Gasteiger partial charge >= 0.3 is 6.03 Å². The number of amides is 3. The molecule has 2 atom stereocenters. The maximum atomic E-state index is 15.4. The quantitative estimate of drug-likeness (QED) is 0.545. The summed E-state index contributed by atoms with van der Waals surface area (Å²) in [4.78, 5) is 35.1. The van der Waals surface area contributed by atoms with E-state index in [1.807, 2.05) is 19.0 Å². The molecule has 3 heterocycles. The summed E-state index contributed by atoms with van der Waals surface area (Å²) in [6.07, 6.45) is 0.853.